The summed E-state index contributed by atoms with van der Waals surface area (Å²) in [6, 6.07) is 14.2. The summed E-state index contributed by atoms with van der Waals surface area (Å²) < 4.78 is 12.5. The molecule has 1 fully saturated rings. The standard InChI is InChI=1S/C25H33ClINO4S/c1-25(2,19-5-8-24(23(27)13-19)32-16-20(29)14-26)18-3-6-22(7-4-18)31-17-21(30)15-28-9-11-33-12-10-28/h3-8,13,20-21,29-30H,9-12,14-17H2,1-2H3/t20-,21-/m0/s1. The van der Waals surface area contributed by atoms with Crippen LogP contribution in [0.3, 0.4) is 0 Å². The minimum Gasteiger partial charge on any atom is -0.491 e. The van der Waals surface area contributed by atoms with Crippen LogP contribution in [0.15, 0.2) is 42.5 Å². The van der Waals surface area contributed by atoms with Crippen LogP contribution in [0.1, 0.15) is 25.0 Å². The highest BCUT2D eigenvalue weighted by atomic mass is 127. The van der Waals surface area contributed by atoms with Crippen LogP contribution >= 0.6 is 46.0 Å². The fraction of sp³-hybridized carbons (Fsp3) is 0.520. The van der Waals surface area contributed by atoms with Gasteiger partial charge in [0, 0.05) is 36.6 Å². The molecule has 1 heterocycles. The third-order valence-corrected chi connectivity index (χ3v) is 8.00. The summed E-state index contributed by atoms with van der Waals surface area (Å²) in [5, 5.41) is 19.9. The van der Waals surface area contributed by atoms with E-state index in [0.29, 0.717) is 13.2 Å². The maximum absolute atomic E-state index is 10.3. The quantitative estimate of drug-likeness (QED) is 0.293. The van der Waals surface area contributed by atoms with Crippen molar-refractivity contribution >= 4 is 46.0 Å². The molecular formula is C25H33ClINO4S. The van der Waals surface area contributed by atoms with Crippen molar-refractivity contribution in [3.05, 3.63) is 57.2 Å². The van der Waals surface area contributed by atoms with Gasteiger partial charge in [-0.25, -0.2) is 0 Å². The summed E-state index contributed by atoms with van der Waals surface area (Å²) in [5.74, 6) is 3.93. The van der Waals surface area contributed by atoms with E-state index >= 15 is 0 Å². The highest BCUT2D eigenvalue weighted by Crippen LogP contribution is 2.35. The Morgan fingerprint density at radius 3 is 2.27 bits per heavy atom. The smallest absolute Gasteiger partial charge is 0.132 e. The number of hydrogen-bond donors (Lipinski definition) is 2. The van der Waals surface area contributed by atoms with Gasteiger partial charge in [-0.15, -0.1) is 11.6 Å². The van der Waals surface area contributed by atoms with Crippen molar-refractivity contribution in [2.45, 2.75) is 31.5 Å². The van der Waals surface area contributed by atoms with Crippen molar-refractivity contribution in [3.63, 3.8) is 0 Å². The van der Waals surface area contributed by atoms with Gasteiger partial charge in [-0.05, 0) is 58.0 Å². The number of nitrogens with zero attached hydrogens (tertiary/aromatic N) is 1. The molecule has 0 radical (unpaired) electrons. The lowest BCUT2D eigenvalue weighted by Crippen LogP contribution is -2.40. The first-order valence-corrected chi connectivity index (χ1v) is 13.9. The van der Waals surface area contributed by atoms with E-state index in [1.165, 1.54) is 11.1 Å². The third kappa shape index (κ3) is 7.90. The molecule has 0 amide bonds. The van der Waals surface area contributed by atoms with E-state index in [2.05, 4.69) is 65.6 Å². The second-order valence-electron chi connectivity index (χ2n) is 8.79. The highest BCUT2D eigenvalue weighted by molar-refractivity contribution is 14.1. The molecule has 2 N–H and O–H groups in total. The summed E-state index contributed by atoms with van der Waals surface area (Å²) in [4.78, 5) is 2.30. The maximum Gasteiger partial charge on any atom is 0.132 e. The van der Waals surface area contributed by atoms with E-state index in [4.69, 9.17) is 21.1 Å². The Labute approximate surface area is 219 Å². The van der Waals surface area contributed by atoms with Crippen molar-refractivity contribution in [1.29, 1.82) is 0 Å². The number of β-amino-alcohol motifs (C(OH)–C–C–N with tert-alkyl or cyclic N) is 1. The Hall–Kier alpha value is -0.710. The summed E-state index contributed by atoms with van der Waals surface area (Å²) >= 11 is 9.87. The predicted octanol–water partition coefficient (Wildman–Crippen LogP) is 4.38. The Bertz CT molecular complexity index is 877. The van der Waals surface area contributed by atoms with Crippen LogP contribution in [0, 0.1) is 3.57 Å². The molecule has 2 aromatic carbocycles. The molecule has 0 aromatic heterocycles. The van der Waals surface area contributed by atoms with Crippen molar-refractivity contribution < 1.29 is 19.7 Å². The number of aliphatic hydroxyl groups excluding tert-OH is 2. The van der Waals surface area contributed by atoms with Crippen LogP contribution in [0.25, 0.3) is 0 Å². The van der Waals surface area contributed by atoms with Gasteiger partial charge < -0.3 is 19.7 Å². The van der Waals surface area contributed by atoms with Crippen LogP contribution in [0.5, 0.6) is 11.5 Å². The maximum atomic E-state index is 10.3. The number of benzene rings is 2. The average molecular weight is 606 g/mol. The molecule has 182 valence electrons. The van der Waals surface area contributed by atoms with Crippen LogP contribution in [0.4, 0.5) is 0 Å². The molecule has 0 saturated carbocycles. The summed E-state index contributed by atoms with van der Waals surface area (Å²) in [6.07, 6.45) is -1.16. The first-order valence-electron chi connectivity index (χ1n) is 11.2. The van der Waals surface area contributed by atoms with Gasteiger partial charge in [0.2, 0.25) is 0 Å². The molecule has 2 aromatic rings. The summed E-state index contributed by atoms with van der Waals surface area (Å²) in [6.45, 7) is 7.58. The lowest BCUT2D eigenvalue weighted by molar-refractivity contribution is 0.0715. The van der Waals surface area contributed by atoms with Gasteiger partial charge in [-0.3, -0.25) is 4.90 Å². The lowest BCUT2D eigenvalue weighted by Gasteiger charge is -2.28. The van der Waals surface area contributed by atoms with E-state index in [1.54, 1.807) is 0 Å². The van der Waals surface area contributed by atoms with Gasteiger partial charge in [-0.2, -0.15) is 11.8 Å². The summed E-state index contributed by atoms with van der Waals surface area (Å²) in [5.41, 5.74) is 2.13. The normalized spacial score (nSPS) is 16.9. The topological polar surface area (TPSA) is 62.2 Å². The van der Waals surface area contributed by atoms with E-state index in [1.807, 2.05) is 30.0 Å². The largest absolute Gasteiger partial charge is 0.491 e. The van der Waals surface area contributed by atoms with Gasteiger partial charge in [-0.1, -0.05) is 32.0 Å². The summed E-state index contributed by atoms with van der Waals surface area (Å²) in [7, 11) is 0. The highest BCUT2D eigenvalue weighted by Gasteiger charge is 2.24. The van der Waals surface area contributed by atoms with Gasteiger partial charge >= 0.3 is 0 Å². The average Bonchev–Trinajstić information content (AvgIpc) is 2.82. The minimum atomic E-state index is -0.677. The van der Waals surface area contributed by atoms with Gasteiger partial charge in [0.15, 0.2) is 0 Å². The van der Waals surface area contributed by atoms with Crippen LogP contribution in [0.2, 0.25) is 0 Å². The molecular weight excluding hydrogens is 573 g/mol. The lowest BCUT2D eigenvalue weighted by atomic mass is 9.78. The molecule has 0 unspecified atom stereocenters. The van der Waals surface area contributed by atoms with E-state index < -0.39 is 12.2 Å². The van der Waals surface area contributed by atoms with E-state index in [9.17, 15) is 10.2 Å². The molecule has 1 aliphatic rings. The SMILES string of the molecule is CC(C)(c1ccc(OC[C@@H](O)CN2CCSCC2)cc1)c1ccc(OC[C@@H](O)CCl)c(I)c1. The van der Waals surface area contributed by atoms with Gasteiger partial charge in [0.25, 0.3) is 0 Å². The molecule has 3 rings (SSSR count). The molecule has 1 aliphatic heterocycles. The predicted molar refractivity (Wildman–Crippen MR) is 145 cm³/mol. The zero-order valence-corrected chi connectivity index (χ0v) is 22.9. The number of thioether (sulfide) groups is 1. The van der Waals surface area contributed by atoms with Gasteiger partial charge in [0.05, 0.1) is 9.45 Å². The van der Waals surface area contributed by atoms with Gasteiger partial charge in [0.1, 0.15) is 36.9 Å². The van der Waals surface area contributed by atoms with Crippen LogP contribution in [-0.2, 0) is 5.41 Å². The van der Waals surface area contributed by atoms with Crippen molar-refractivity contribution in [2.24, 2.45) is 0 Å². The number of halogens is 2. The number of ether oxygens (including phenoxy) is 2. The number of rotatable bonds is 11. The Morgan fingerprint density at radius 2 is 1.64 bits per heavy atom. The van der Waals surface area contributed by atoms with E-state index in [-0.39, 0.29) is 17.9 Å². The molecule has 0 aliphatic carbocycles. The third-order valence-electron chi connectivity index (χ3n) is 5.85. The minimum absolute atomic E-state index is 0.151. The molecule has 8 heteroatoms. The number of aliphatic hydroxyl groups is 2. The molecule has 33 heavy (non-hydrogen) atoms. The molecule has 2 atom stereocenters. The second-order valence-corrected chi connectivity index (χ2v) is 11.5. The molecule has 1 saturated heterocycles. The zero-order valence-electron chi connectivity index (χ0n) is 19.2. The monoisotopic (exact) mass is 605 g/mol. The number of alkyl halides is 1. The Kier molecular flexibility index (Phi) is 10.5. The first kappa shape index (κ1) is 26.9. The van der Waals surface area contributed by atoms with Crippen molar-refractivity contribution in [1.82, 2.24) is 4.90 Å². The fourth-order valence-corrected chi connectivity index (χ4v) is 5.44. The Balaban J connectivity index is 1.57. The molecule has 0 bridgehead atoms. The molecule has 0 spiro atoms. The Morgan fingerprint density at radius 1 is 1.00 bits per heavy atom. The second kappa shape index (κ2) is 12.8. The van der Waals surface area contributed by atoms with Crippen molar-refractivity contribution in [3.8, 4) is 11.5 Å². The number of hydrogen-bond acceptors (Lipinski definition) is 6. The van der Waals surface area contributed by atoms with Crippen molar-refractivity contribution in [2.75, 3.05) is 50.2 Å². The zero-order chi connectivity index (χ0) is 23.8. The van der Waals surface area contributed by atoms with Crippen LogP contribution < -0.4 is 9.47 Å². The first-order chi connectivity index (χ1) is 15.8. The van der Waals surface area contributed by atoms with Crippen LogP contribution in [-0.4, -0.2) is 77.6 Å². The molecule has 5 nitrogen and oxygen atoms in total. The fourth-order valence-electron chi connectivity index (χ4n) is 3.70. The van der Waals surface area contributed by atoms with E-state index in [0.717, 1.165) is 39.7 Å².